The van der Waals surface area contributed by atoms with Gasteiger partial charge in [-0.2, -0.15) is 0 Å². The Morgan fingerprint density at radius 2 is 2.19 bits per heavy atom. The first-order valence-electron chi connectivity index (χ1n) is 5.93. The van der Waals surface area contributed by atoms with E-state index in [1.165, 1.54) is 25.3 Å². The van der Waals surface area contributed by atoms with E-state index in [0.717, 1.165) is 24.5 Å². The van der Waals surface area contributed by atoms with Crippen molar-refractivity contribution in [1.29, 1.82) is 0 Å². The minimum absolute atomic E-state index is 0.163. The molecular weight excluding hydrogens is 203 g/mol. The van der Waals surface area contributed by atoms with Crippen molar-refractivity contribution in [3.63, 3.8) is 0 Å². The lowest BCUT2D eigenvalue weighted by molar-refractivity contribution is 0.162. The molecule has 2 nitrogen and oxygen atoms in total. The van der Waals surface area contributed by atoms with Gasteiger partial charge in [0, 0.05) is 25.6 Å². The molecule has 3 heteroatoms. The Kier molecular flexibility index (Phi) is 2.09. The zero-order valence-corrected chi connectivity index (χ0v) is 9.59. The van der Waals surface area contributed by atoms with Gasteiger partial charge < -0.3 is 10.2 Å². The van der Waals surface area contributed by atoms with Gasteiger partial charge in [0.25, 0.3) is 0 Å². The Bertz CT molecular complexity index is 412. The fourth-order valence-corrected chi connectivity index (χ4v) is 2.92. The summed E-state index contributed by atoms with van der Waals surface area (Å²) < 4.78 is 13.2. The minimum Gasteiger partial charge on any atom is -0.383 e. The van der Waals surface area contributed by atoms with Crippen molar-refractivity contribution in [3.05, 3.63) is 24.0 Å². The highest BCUT2D eigenvalue weighted by molar-refractivity contribution is 5.71. The van der Waals surface area contributed by atoms with Gasteiger partial charge in [0.15, 0.2) is 0 Å². The summed E-state index contributed by atoms with van der Waals surface area (Å²) in [5.41, 5.74) is 2.47. The molecule has 1 saturated carbocycles. The third-order valence-corrected chi connectivity index (χ3v) is 4.01. The van der Waals surface area contributed by atoms with Gasteiger partial charge in [-0.05, 0) is 31.0 Å². The lowest BCUT2D eigenvalue weighted by Gasteiger charge is -2.43. The summed E-state index contributed by atoms with van der Waals surface area (Å²) in [5.74, 6) is -0.163. The number of nitrogens with zero attached hydrogens (tertiary/aromatic N) is 1. The van der Waals surface area contributed by atoms with Gasteiger partial charge in [-0.15, -0.1) is 0 Å². The Balaban J connectivity index is 1.95. The van der Waals surface area contributed by atoms with Crippen LogP contribution in [0.15, 0.2) is 18.2 Å². The molecule has 0 radical (unpaired) electrons. The number of nitrogens with one attached hydrogen (secondary N) is 1. The van der Waals surface area contributed by atoms with Gasteiger partial charge in [-0.3, -0.25) is 0 Å². The second-order valence-corrected chi connectivity index (χ2v) is 5.22. The zero-order valence-electron chi connectivity index (χ0n) is 9.59. The van der Waals surface area contributed by atoms with Crippen LogP contribution in [-0.4, -0.2) is 20.1 Å². The van der Waals surface area contributed by atoms with E-state index in [4.69, 9.17) is 0 Å². The lowest BCUT2D eigenvalue weighted by Crippen LogP contribution is -2.43. The highest BCUT2D eigenvalue weighted by Gasteiger charge is 2.39. The Morgan fingerprint density at radius 1 is 1.38 bits per heavy atom. The number of hydrogen-bond donors (Lipinski definition) is 1. The van der Waals surface area contributed by atoms with Crippen LogP contribution in [0, 0.1) is 11.2 Å². The van der Waals surface area contributed by atoms with Crippen LogP contribution in [0.25, 0.3) is 0 Å². The number of fused-ring (bicyclic) bond motifs is 1. The van der Waals surface area contributed by atoms with Crippen LogP contribution in [0.2, 0.25) is 0 Å². The van der Waals surface area contributed by atoms with Crippen molar-refractivity contribution < 1.29 is 4.39 Å². The van der Waals surface area contributed by atoms with Crippen LogP contribution in [0.5, 0.6) is 0 Å². The standard InChI is InChI=1S/C13H17FN2/c1-16-9-13(5-2-6-13)8-15-11-7-10(14)3-4-12(11)16/h3-4,7,15H,2,5-6,8-9H2,1H3. The Hall–Kier alpha value is -1.25. The summed E-state index contributed by atoms with van der Waals surface area (Å²) in [4.78, 5) is 2.26. The summed E-state index contributed by atoms with van der Waals surface area (Å²) in [6.07, 6.45) is 3.92. The molecule has 1 N–H and O–H groups in total. The number of benzene rings is 1. The average Bonchev–Trinajstić information content (AvgIpc) is 2.35. The van der Waals surface area contributed by atoms with Gasteiger partial charge in [0.1, 0.15) is 5.82 Å². The van der Waals surface area contributed by atoms with E-state index in [0.29, 0.717) is 5.41 Å². The molecule has 0 bridgehead atoms. The molecule has 1 aliphatic heterocycles. The van der Waals surface area contributed by atoms with Crippen molar-refractivity contribution in [2.24, 2.45) is 5.41 Å². The second-order valence-electron chi connectivity index (χ2n) is 5.22. The molecular formula is C13H17FN2. The molecule has 1 aliphatic carbocycles. The molecule has 0 atom stereocenters. The van der Waals surface area contributed by atoms with Crippen molar-refractivity contribution in [3.8, 4) is 0 Å². The van der Waals surface area contributed by atoms with Crippen molar-refractivity contribution in [1.82, 2.24) is 0 Å². The quantitative estimate of drug-likeness (QED) is 0.723. The number of rotatable bonds is 0. The molecule has 1 heterocycles. The summed E-state index contributed by atoms with van der Waals surface area (Å²) in [5, 5.41) is 3.41. The molecule has 2 aliphatic rings. The van der Waals surface area contributed by atoms with Crippen molar-refractivity contribution in [2.75, 3.05) is 30.4 Å². The van der Waals surface area contributed by atoms with E-state index < -0.39 is 0 Å². The molecule has 1 fully saturated rings. The second kappa shape index (κ2) is 3.37. The molecule has 0 unspecified atom stereocenters. The highest BCUT2D eigenvalue weighted by Crippen LogP contribution is 2.45. The van der Waals surface area contributed by atoms with Gasteiger partial charge in [-0.1, -0.05) is 6.42 Å². The number of hydrogen-bond acceptors (Lipinski definition) is 2. The third kappa shape index (κ3) is 1.46. The monoisotopic (exact) mass is 220 g/mol. The first-order valence-corrected chi connectivity index (χ1v) is 5.93. The smallest absolute Gasteiger partial charge is 0.125 e. The molecule has 3 rings (SSSR count). The van der Waals surface area contributed by atoms with Gasteiger partial charge in [0.2, 0.25) is 0 Å². The minimum atomic E-state index is -0.163. The molecule has 0 amide bonds. The van der Waals surface area contributed by atoms with Crippen LogP contribution in [-0.2, 0) is 0 Å². The van der Waals surface area contributed by atoms with Crippen LogP contribution in [0.1, 0.15) is 19.3 Å². The van der Waals surface area contributed by atoms with E-state index in [1.54, 1.807) is 6.07 Å². The van der Waals surface area contributed by atoms with Crippen LogP contribution in [0.3, 0.4) is 0 Å². The average molecular weight is 220 g/mol. The van der Waals surface area contributed by atoms with E-state index in [2.05, 4.69) is 17.3 Å². The SMILES string of the molecule is CN1CC2(CCC2)CNc2cc(F)ccc21. The lowest BCUT2D eigenvalue weighted by atomic mass is 9.68. The fourth-order valence-electron chi connectivity index (χ4n) is 2.92. The van der Waals surface area contributed by atoms with Crippen molar-refractivity contribution in [2.45, 2.75) is 19.3 Å². The molecule has 0 saturated heterocycles. The predicted molar refractivity (Wildman–Crippen MR) is 64.4 cm³/mol. The van der Waals surface area contributed by atoms with E-state index in [-0.39, 0.29) is 5.82 Å². The maximum atomic E-state index is 13.2. The largest absolute Gasteiger partial charge is 0.383 e. The summed E-state index contributed by atoms with van der Waals surface area (Å²) in [7, 11) is 2.10. The first-order chi connectivity index (χ1) is 7.69. The van der Waals surface area contributed by atoms with Crippen LogP contribution >= 0.6 is 0 Å². The molecule has 1 aromatic rings. The number of anilines is 2. The van der Waals surface area contributed by atoms with Gasteiger partial charge in [-0.25, -0.2) is 4.39 Å². The van der Waals surface area contributed by atoms with E-state index in [1.807, 2.05) is 6.07 Å². The summed E-state index contributed by atoms with van der Waals surface area (Å²) >= 11 is 0. The van der Waals surface area contributed by atoms with Crippen molar-refractivity contribution >= 4 is 11.4 Å². The van der Waals surface area contributed by atoms with Crippen LogP contribution in [0.4, 0.5) is 15.8 Å². The molecule has 86 valence electrons. The normalized spacial score (nSPS) is 22.0. The molecule has 16 heavy (non-hydrogen) atoms. The summed E-state index contributed by atoms with van der Waals surface area (Å²) in [6, 6.07) is 5.01. The first kappa shape index (κ1) is 9.94. The zero-order chi connectivity index (χ0) is 11.2. The molecule has 0 aromatic heterocycles. The predicted octanol–water partition coefficient (Wildman–Crippen LogP) is 2.86. The topological polar surface area (TPSA) is 15.3 Å². The van der Waals surface area contributed by atoms with E-state index in [9.17, 15) is 4.39 Å². The number of halogens is 1. The Morgan fingerprint density at radius 3 is 2.88 bits per heavy atom. The third-order valence-electron chi connectivity index (χ3n) is 4.01. The maximum absolute atomic E-state index is 13.2. The van der Waals surface area contributed by atoms with Crippen LogP contribution < -0.4 is 10.2 Å². The van der Waals surface area contributed by atoms with Gasteiger partial charge >= 0.3 is 0 Å². The van der Waals surface area contributed by atoms with Gasteiger partial charge in [0.05, 0.1) is 11.4 Å². The Labute approximate surface area is 95.4 Å². The maximum Gasteiger partial charge on any atom is 0.125 e. The van der Waals surface area contributed by atoms with E-state index >= 15 is 0 Å². The fraction of sp³-hybridized carbons (Fsp3) is 0.538. The summed E-state index contributed by atoms with van der Waals surface area (Å²) in [6.45, 7) is 2.06. The molecule has 1 aromatic carbocycles. The highest BCUT2D eigenvalue weighted by atomic mass is 19.1. The molecule has 1 spiro atoms.